The van der Waals surface area contributed by atoms with Crippen LogP contribution in [0.3, 0.4) is 0 Å². The molecule has 3 rings (SSSR count). The fourth-order valence-corrected chi connectivity index (χ4v) is 3.18. The second kappa shape index (κ2) is 7.69. The maximum absolute atomic E-state index is 12.6. The van der Waals surface area contributed by atoms with Crippen molar-refractivity contribution < 1.29 is 18.0 Å². The molecule has 3 aromatic rings. The van der Waals surface area contributed by atoms with Crippen LogP contribution in [0.2, 0.25) is 0 Å². The van der Waals surface area contributed by atoms with Crippen LogP contribution in [0.1, 0.15) is 34.9 Å². The van der Waals surface area contributed by atoms with Crippen LogP contribution in [0.4, 0.5) is 8.78 Å². The number of thiazole rings is 1. The average Bonchev–Trinajstić information content (AvgIpc) is 3.25. The summed E-state index contributed by atoms with van der Waals surface area (Å²) in [4.78, 5) is 7.96. The van der Waals surface area contributed by atoms with Gasteiger partial charge in [-0.3, -0.25) is 0 Å². The zero-order valence-corrected chi connectivity index (χ0v) is 14.6. The first-order valence-electron chi connectivity index (χ1n) is 7.79. The number of alkyl halides is 2. The number of nitrogens with zero attached hydrogens (tertiary/aromatic N) is 3. The third kappa shape index (κ3) is 4.19. The standard InChI is InChI=1S/C17H17F2N3O2S/c1-10-8-12(16-21-17(15(18)19)24-22-16)9-11(2)14(10)23-6-3-4-13-20-5-7-25-13/h5,7-9,15H,3-4,6H2,1-2H3. The molecule has 2 heterocycles. The summed E-state index contributed by atoms with van der Waals surface area (Å²) in [6.07, 6.45) is 0.777. The molecule has 5 nitrogen and oxygen atoms in total. The van der Waals surface area contributed by atoms with Gasteiger partial charge >= 0.3 is 6.43 Å². The quantitative estimate of drug-likeness (QED) is 0.565. The Balaban J connectivity index is 1.67. The first-order chi connectivity index (χ1) is 12.0. The summed E-state index contributed by atoms with van der Waals surface area (Å²) in [6, 6.07) is 3.62. The van der Waals surface area contributed by atoms with Crippen molar-refractivity contribution in [2.75, 3.05) is 6.61 Å². The summed E-state index contributed by atoms with van der Waals surface area (Å²) in [5, 5.41) is 6.67. The Hall–Kier alpha value is -2.35. The minimum atomic E-state index is -2.77. The molecule has 25 heavy (non-hydrogen) atoms. The largest absolute Gasteiger partial charge is 0.493 e. The Morgan fingerprint density at radius 1 is 1.24 bits per heavy atom. The molecule has 0 saturated heterocycles. The van der Waals surface area contributed by atoms with E-state index < -0.39 is 12.3 Å². The number of hydrogen-bond donors (Lipinski definition) is 0. The number of benzene rings is 1. The molecular weight excluding hydrogens is 348 g/mol. The Morgan fingerprint density at radius 2 is 2.00 bits per heavy atom. The van der Waals surface area contributed by atoms with E-state index >= 15 is 0 Å². The lowest BCUT2D eigenvalue weighted by Gasteiger charge is -2.13. The lowest BCUT2D eigenvalue weighted by Crippen LogP contribution is -2.02. The summed E-state index contributed by atoms with van der Waals surface area (Å²) in [7, 11) is 0. The van der Waals surface area contributed by atoms with Crippen LogP contribution >= 0.6 is 11.3 Å². The molecular formula is C17H17F2N3O2S. The molecule has 2 aromatic heterocycles. The molecule has 132 valence electrons. The van der Waals surface area contributed by atoms with Crippen LogP contribution < -0.4 is 4.74 Å². The lowest BCUT2D eigenvalue weighted by molar-refractivity contribution is 0.106. The van der Waals surface area contributed by atoms with E-state index in [2.05, 4.69) is 19.6 Å². The topological polar surface area (TPSA) is 61.0 Å². The van der Waals surface area contributed by atoms with E-state index in [4.69, 9.17) is 4.74 Å². The van der Waals surface area contributed by atoms with Crippen molar-refractivity contribution in [1.82, 2.24) is 15.1 Å². The van der Waals surface area contributed by atoms with Gasteiger partial charge in [-0.1, -0.05) is 5.16 Å². The fourth-order valence-electron chi connectivity index (χ4n) is 2.52. The van der Waals surface area contributed by atoms with Gasteiger partial charge in [-0.05, 0) is 43.5 Å². The smallest absolute Gasteiger partial charge is 0.315 e. The first-order valence-corrected chi connectivity index (χ1v) is 8.67. The molecule has 0 atom stereocenters. The zero-order valence-electron chi connectivity index (χ0n) is 13.8. The normalized spacial score (nSPS) is 11.2. The van der Waals surface area contributed by atoms with Crippen LogP contribution in [0, 0.1) is 13.8 Å². The molecule has 0 saturated carbocycles. The van der Waals surface area contributed by atoms with Gasteiger partial charge in [0.2, 0.25) is 5.82 Å². The van der Waals surface area contributed by atoms with Gasteiger partial charge in [0.05, 0.1) is 11.6 Å². The predicted octanol–water partition coefficient (Wildman–Crippen LogP) is 4.76. The number of ether oxygens (including phenoxy) is 1. The highest BCUT2D eigenvalue weighted by Gasteiger charge is 2.18. The number of aryl methyl sites for hydroxylation is 3. The van der Waals surface area contributed by atoms with Gasteiger partial charge in [-0.15, -0.1) is 11.3 Å². The fraction of sp³-hybridized carbons (Fsp3) is 0.353. The van der Waals surface area contributed by atoms with Gasteiger partial charge in [0.25, 0.3) is 5.89 Å². The third-order valence-corrected chi connectivity index (χ3v) is 4.45. The van der Waals surface area contributed by atoms with Crippen LogP contribution in [0.25, 0.3) is 11.4 Å². The predicted molar refractivity (Wildman–Crippen MR) is 90.1 cm³/mol. The molecule has 1 aromatic carbocycles. The van der Waals surface area contributed by atoms with Crippen molar-refractivity contribution in [2.24, 2.45) is 0 Å². The monoisotopic (exact) mass is 365 g/mol. The van der Waals surface area contributed by atoms with Crippen LogP contribution in [0.5, 0.6) is 5.75 Å². The van der Waals surface area contributed by atoms with Gasteiger partial charge in [0.1, 0.15) is 5.75 Å². The van der Waals surface area contributed by atoms with Gasteiger partial charge in [0, 0.05) is 23.6 Å². The summed E-state index contributed by atoms with van der Waals surface area (Å²) in [5.41, 5.74) is 2.42. The zero-order chi connectivity index (χ0) is 17.8. The van der Waals surface area contributed by atoms with Gasteiger partial charge in [-0.2, -0.15) is 13.8 Å². The van der Waals surface area contributed by atoms with Crippen molar-refractivity contribution in [3.05, 3.63) is 45.7 Å². The van der Waals surface area contributed by atoms with Gasteiger partial charge < -0.3 is 9.26 Å². The minimum Gasteiger partial charge on any atom is -0.493 e. The van der Waals surface area contributed by atoms with Crippen molar-refractivity contribution in [2.45, 2.75) is 33.1 Å². The summed E-state index contributed by atoms with van der Waals surface area (Å²) < 4.78 is 35.6. The van der Waals surface area contributed by atoms with Gasteiger partial charge in [0.15, 0.2) is 0 Å². The van der Waals surface area contributed by atoms with E-state index in [-0.39, 0.29) is 5.82 Å². The average molecular weight is 365 g/mol. The molecule has 8 heteroatoms. The van der Waals surface area contributed by atoms with E-state index in [9.17, 15) is 8.78 Å². The second-order valence-corrected chi connectivity index (χ2v) is 6.55. The van der Waals surface area contributed by atoms with Crippen molar-refractivity contribution in [1.29, 1.82) is 0 Å². The highest BCUT2D eigenvalue weighted by molar-refractivity contribution is 7.09. The Morgan fingerprint density at radius 3 is 2.60 bits per heavy atom. The highest BCUT2D eigenvalue weighted by atomic mass is 32.1. The molecule has 0 spiro atoms. The summed E-state index contributed by atoms with van der Waals surface area (Å²) >= 11 is 1.64. The SMILES string of the molecule is Cc1cc(-c2noc(C(F)F)n2)cc(C)c1OCCCc1nccs1. The first kappa shape index (κ1) is 17.5. The van der Waals surface area contributed by atoms with E-state index in [1.54, 1.807) is 17.5 Å². The molecule has 0 bridgehead atoms. The molecule has 0 unspecified atom stereocenters. The highest BCUT2D eigenvalue weighted by Crippen LogP contribution is 2.30. The number of aromatic nitrogens is 3. The number of halogens is 2. The van der Waals surface area contributed by atoms with E-state index in [0.717, 1.165) is 34.7 Å². The summed E-state index contributed by atoms with van der Waals surface area (Å²) in [5.74, 6) is 0.269. The van der Waals surface area contributed by atoms with E-state index in [0.29, 0.717) is 12.2 Å². The van der Waals surface area contributed by atoms with E-state index in [1.165, 1.54) is 0 Å². The maximum atomic E-state index is 12.6. The van der Waals surface area contributed by atoms with Crippen LogP contribution in [-0.2, 0) is 6.42 Å². The Labute approximate surface area is 147 Å². The van der Waals surface area contributed by atoms with Crippen LogP contribution in [-0.4, -0.2) is 21.7 Å². The second-order valence-electron chi connectivity index (χ2n) is 5.57. The molecule has 0 radical (unpaired) electrons. The molecule has 0 N–H and O–H groups in total. The lowest BCUT2D eigenvalue weighted by atomic mass is 10.1. The molecule has 0 fully saturated rings. The Kier molecular flexibility index (Phi) is 5.37. The molecule has 0 aliphatic heterocycles. The van der Waals surface area contributed by atoms with Crippen molar-refractivity contribution in [3.63, 3.8) is 0 Å². The van der Waals surface area contributed by atoms with Crippen molar-refractivity contribution in [3.8, 4) is 17.1 Å². The minimum absolute atomic E-state index is 0.150. The molecule has 0 aliphatic carbocycles. The molecule has 0 aliphatic rings. The number of hydrogen-bond acceptors (Lipinski definition) is 6. The van der Waals surface area contributed by atoms with Crippen molar-refractivity contribution >= 4 is 11.3 Å². The van der Waals surface area contributed by atoms with Crippen LogP contribution in [0.15, 0.2) is 28.2 Å². The Bertz CT molecular complexity index is 811. The maximum Gasteiger partial charge on any atom is 0.315 e. The summed E-state index contributed by atoms with van der Waals surface area (Å²) in [6.45, 7) is 4.39. The van der Waals surface area contributed by atoms with Gasteiger partial charge in [-0.25, -0.2) is 4.98 Å². The third-order valence-electron chi connectivity index (χ3n) is 3.61. The van der Waals surface area contributed by atoms with E-state index in [1.807, 2.05) is 31.4 Å². The molecule has 0 amide bonds. The number of rotatable bonds is 7.